The number of anilines is 1. The topological polar surface area (TPSA) is 80.8 Å². The van der Waals surface area contributed by atoms with Crippen molar-refractivity contribution in [3.8, 4) is 0 Å². The zero-order valence-corrected chi connectivity index (χ0v) is 14.7. The lowest BCUT2D eigenvalue weighted by atomic mass is 10.0. The van der Waals surface area contributed by atoms with Crippen LogP contribution < -0.4 is 5.32 Å². The largest absolute Gasteiger partial charge is 0.347 e. The molecule has 0 radical (unpaired) electrons. The van der Waals surface area contributed by atoms with Gasteiger partial charge < -0.3 is 19.7 Å². The van der Waals surface area contributed by atoms with Crippen molar-refractivity contribution in [3.05, 3.63) is 36.0 Å². The molecule has 1 aromatic carbocycles. The van der Waals surface area contributed by atoms with E-state index in [1.807, 2.05) is 17.0 Å². The number of fused-ring (bicyclic) bond motifs is 1. The Kier molecular flexibility index (Phi) is 4.34. The molecule has 26 heavy (non-hydrogen) atoms. The van der Waals surface area contributed by atoms with Crippen molar-refractivity contribution in [3.63, 3.8) is 0 Å². The van der Waals surface area contributed by atoms with Crippen LogP contribution in [0.1, 0.15) is 30.1 Å². The molecule has 2 fully saturated rings. The molecule has 1 N–H and O–H groups in total. The number of piperidine rings is 1. The lowest BCUT2D eigenvalue weighted by Crippen LogP contribution is -2.47. The van der Waals surface area contributed by atoms with Gasteiger partial charge in [0.15, 0.2) is 5.79 Å². The molecule has 7 nitrogen and oxygen atoms in total. The maximum absolute atomic E-state index is 13.1. The van der Waals surface area contributed by atoms with Crippen molar-refractivity contribution in [2.75, 3.05) is 31.6 Å². The van der Waals surface area contributed by atoms with Crippen molar-refractivity contribution in [1.82, 2.24) is 9.88 Å². The fourth-order valence-electron chi connectivity index (χ4n) is 3.66. The minimum absolute atomic E-state index is 0.0368. The number of hydrogen-bond acceptors (Lipinski definition) is 5. The highest BCUT2D eigenvalue weighted by Gasteiger charge is 2.41. The van der Waals surface area contributed by atoms with E-state index >= 15 is 0 Å². The molecule has 136 valence electrons. The van der Waals surface area contributed by atoms with E-state index in [0.29, 0.717) is 55.9 Å². The number of amides is 2. The van der Waals surface area contributed by atoms with Crippen LogP contribution in [-0.4, -0.2) is 53.8 Å². The summed E-state index contributed by atoms with van der Waals surface area (Å²) in [4.78, 5) is 30.7. The molecule has 4 rings (SSSR count). The predicted molar refractivity (Wildman–Crippen MR) is 95.8 cm³/mol. The SMILES string of the molecule is CC(=O)Nc1cccc2c(C(=O)N3CCC4(CC3)OCCO4)ccnc12. The van der Waals surface area contributed by atoms with E-state index in [4.69, 9.17) is 9.47 Å². The first-order chi connectivity index (χ1) is 12.6. The van der Waals surface area contributed by atoms with Crippen molar-refractivity contribution in [2.24, 2.45) is 0 Å². The van der Waals surface area contributed by atoms with E-state index in [1.165, 1.54) is 6.92 Å². The van der Waals surface area contributed by atoms with Crippen LogP contribution in [0, 0.1) is 0 Å². The fourth-order valence-corrected chi connectivity index (χ4v) is 3.66. The van der Waals surface area contributed by atoms with Gasteiger partial charge in [0.2, 0.25) is 5.91 Å². The van der Waals surface area contributed by atoms with Crippen LogP contribution in [0.2, 0.25) is 0 Å². The highest BCUT2D eigenvalue weighted by atomic mass is 16.7. The third kappa shape index (κ3) is 3.04. The van der Waals surface area contributed by atoms with Gasteiger partial charge in [-0.2, -0.15) is 0 Å². The minimum atomic E-state index is -0.504. The normalized spacial score (nSPS) is 19.0. The van der Waals surface area contributed by atoms with Crippen molar-refractivity contribution < 1.29 is 19.1 Å². The van der Waals surface area contributed by atoms with E-state index < -0.39 is 5.79 Å². The Bertz CT molecular complexity index is 851. The standard InChI is InChI=1S/C19H21N3O4/c1-13(23)21-16-4-2-3-14-15(5-8-20-17(14)16)18(24)22-9-6-19(7-10-22)25-11-12-26-19/h2-5,8H,6-7,9-12H2,1H3,(H,21,23). The Labute approximate surface area is 151 Å². The number of carbonyl (C=O) groups excluding carboxylic acids is 2. The molecule has 2 saturated heterocycles. The quantitative estimate of drug-likeness (QED) is 0.893. The number of hydrogen-bond donors (Lipinski definition) is 1. The van der Waals surface area contributed by atoms with Gasteiger partial charge in [-0.1, -0.05) is 12.1 Å². The number of ether oxygens (including phenoxy) is 2. The van der Waals surface area contributed by atoms with Crippen molar-refractivity contribution in [1.29, 1.82) is 0 Å². The van der Waals surface area contributed by atoms with Crippen LogP contribution in [0.5, 0.6) is 0 Å². The smallest absolute Gasteiger partial charge is 0.254 e. The summed E-state index contributed by atoms with van der Waals surface area (Å²) < 4.78 is 11.5. The molecule has 2 aromatic rings. The third-order valence-corrected chi connectivity index (χ3v) is 4.94. The zero-order valence-electron chi connectivity index (χ0n) is 14.7. The van der Waals surface area contributed by atoms with E-state index in [2.05, 4.69) is 10.3 Å². The molecule has 2 amide bonds. The summed E-state index contributed by atoms with van der Waals surface area (Å²) in [6.45, 7) is 3.87. The molecule has 0 atom stereocenters. The Hall–Kier alpha value is -2.51. The van der Waals surface area contributed by atoms with Crippen molar-refractivity contribution >= 4 is 28.4 Å². The molecular formula is C19H21N3O4. The number of carbonyl (C=O) groups is 2. The Morgan fingerprint density at radius 2 is 1.88 bits per heavy atom. The molecule has 3 heterocycles. The third-order valence-electron chi connectivity index (χ3n) is 4.94. The van der Waals surface area contributed by atoms with E-state index in [1.54, 1.807) is 18.3 Å². The number of aromatic nitrogens is 1. The van der Waals surface area contributed by atoms with Gasteiger partial charge in [-0.25, -0.2) is 0 Å². The van der Waals surface area contributed by atoms with Gasteiger partial charge in [-0.05, 0) is 12.1 Å². The number of pyridine rings is 1. The van der Waals surface area contributed by atoms with Crippen LogP contribution in [0.4, 0.5) is 5.69 Å². The highest BCUT2D eigenvalue weighted by Crippen LogP contribution is 2.32. The van der Waals surface area contributed by atoms with Gasteiger partial charge in [0.25, 0.3) is 5.91 Å². The Balaban J connectivity index is 1.60. The summed E-state index contributed by atoms with van der Waals surface area (Å²) in [7, 11) is 0. The lowest BCUT2D eigenvalue weighted by molar-refractivity contribution is -0.181. The fraction of sp³-hybridized carbons (Fsp3) is 0.421. The second-order valence-electron chi connectivity index (χ2n) is 6.64. The number of benzene rings is 1. The lowest BCUT2D eigenvalue weighted by Gasteiger charge is -2.37. The molecule has 2 aliphatic rings. The van der Waals surface area contributed by atoms with Crippen LogP contribution in [0.3, 0.4) is 0 Å². The van der Waals surface area contributed by atoms with Crippen LogP contribution in [0.15, 0.2) is 30.5 Å². The first-order valence-electron chi connectivity index (χ1n) is 8.80. The molecular weight excluding hydrogens is 334 g/mol. The molecule has 0 aliphatic carbocycles. The average Bonchev–Trinajstić information content (AvgIpc) is 3.09. The second-order valence-corrected chi connectivity index (χ2v) is 6.64. The summed E-state index contributed by atoms with van der Waals surface area (Å²) >= 11 is 0. The predicted octanol–water partition coefficient (Wildman–Crippen LogP) is 2.17. The van der Waals surface area contributed by atoms with E-state index in [0.717, 1.165) is 5.39 Å². The number of nitrogens with zero attached hydrogens (tertiary/aromatic N) is 2. The number of para-hydroxylation sites is 1. The summed E-state index contributed by atoms with van der Waals surface area (Å²) in [6, 6.07) is 7.19. The van der Waals surface area contributed by atoms with E-state index in [9.17, 15) is 9.59 Å². The first kappa shape index (κ1) is 16.9. The molecule has 0 bridgehead atoms. The molecule has 2 aliphatic heterocycles. The van der Waals surface area contributed by atoms with Crippen molar-refractivity contribution in [2.45, 2.75) is 25.6 Å². The highest BCUT2D eigenvalue weighted by molar-refractivity contribution is 6.10. The van der Waals surface area contributed by atoms with Gasteiger partial charge in [0.05, 0.1) is 30.0 Å². The van der Waals surface area contributed by atoms with Crippen LogP contribution in [-0.2, 0) is 14.3 Å². The number of likely N-dealkylation sites (tertiary alicyclic amines) is 1. The molecule has 7 heteroatoms. The van der Waals surface area contributed by atoms with Gasteiger partial charge in [-0.15, -0.1) is 0 Å². The average molecular weight is 355 g/mol. The second kappa shape index (κ2) is 6.66. The Morgan fingerprint density at radius 1 is 1.15 bits per heavy atom. The van der Waals surface area contributed by atoms with Crippen LogP contribution in [0.25, 0.3) is 10.9 Å². The molecule has 0 unspecified atom stereocenters. The van der Waals surface area contributed by atoms with Gasteiger partial charge in [-0.3, -0.25) is 14.6 Å². The maximum atomic E-state index is 13.1. The minimum Gasteiger partial charge on any atom is -0.347 e. The van der Waals surface area contributed by atoms with E-state index in [-0.39, 0.29) is 11.8 Å². The number of nitrogens with one attached hydrogen (secondary N) is 1. The zero-order chi connectivity index (χ0) is 18.1. The van der Waals surface area contributed by atoms with Gasteiger partial charge in [0, 0.05) is 44.4 Å². The van der Waals surface area contributed by atoms with Gasteiger partial charge >= 0.3 is 0 Å². The first-order valence-corrected chi connectivity index (χ1v) is 8.80. The maximum Gasteiger partial charge on any atom is 0.254 e. The number of rotatable bonds is 2. The molecule has 1 spiro atoms. The molecule has 0 saturated carbocycles. The summed E-state index contributed by atoms with van der Waals surface area (Å²) in [5.41, 5.74) is 1.81. The summed E-state index contributed by atoms with van der Waals surface area (Å²) in [6.07, 6.45) is 2.97. The molecule has 1 aromatic heterocycles. The monoisotopic (exact) mass is 355 g/mol. The van der Waals surface area contributed by atoms with Crippen LogP contribution >= 0.6 is 0 Å². The summed E-state index contributed by atoms with van der Waals surface area (Å²) in [5, 5.41) is 3.50. The summed E-state index contributed by atoms with van der Waals surface area (Å²) in [5.74, 6) is -0.713. The Morgan fingerprint density at radius 3 is 2.58 bits per heavy atom. The van der Waals surface area contributed by atoms with Gasteiger partial charge in [0.1, 0.15) is 0 Å².